The van der Waals surface area contributed by atoms with E-state index in [4.69, 9.17) is 5.73 Å². The summed E-state index contributed by atoms with van der Waals surface area (Å²) in [5, 5.41) is 11.4. The van der Waals surface area contributed by atoms with Gasteiger partial charge in [-0.2, -0.15) is 0 Å². The van der Waals surface area contributed by atoms with Gasteiger partial charge in [-0.15, -0.1) is 5.10 Å². The number of hydrogen-bond donors (Lipinski definition) is 1. The number of aromatic nitrogens is 4. The molecule has 7 nitrogen and oxygen atoms in total. The molecule has 0 aliphatic carbocycles. The number of hydrogen-bond acceptors (Lipinski definition) is 6. The van der Waals surface area contributed by atoms with Crippen molar-refractivity contribution >= 4 is 5.96 Å². The van der Waals surface area contributed by atoms with Gasteiger partial charge in [0, 0.05) is 6.54 Å². The third kappa shape index (κ3) is 2.73. The minimum atomic E-state index is -0.316. The van der Waals surface area contributed by atoms with Crippen LogP contribution in [0.3, 0.4) is 0 Å². The highest BCUT2D eigenvalue weighted by atomic mass is 15.5. The Balaban J connectivity index is 1.69. The summed E-state index contributed by atoms with van der Waals surface area (Å²) in [6.07, 6.45) is 1.59. The van der Waals surface area contributed by atoms with Gasteiger partial charge in [0.25, 0.3) is 0 Å². The van der Waals surface area contributed by atoms with Crippen molar-refractivity contribution in [2.75, 3.05) is 6.54 Å². The molecule has 1 atom stereocenters. The Labute approximate surface area is 145 Å². The van der Waals surface area contributed by atoms with Crippen LogP contribution in [0.5, 0.6) is 0 Å². The van der Waals surface area contributed by atoms with E-state index in [2.05, 4.69) is 56.6 Å². The minimum absolute atomic E-state index is 0.316. The van der Waals surface area contributed by atoms with E-state index in [9.17, 15) is 0 Å². The van der Waals surface area contributed by atoms with Gasteiger partial charge in [-0.25, -0.2) is 4.68 Å². The smallest absolute Gasteiger partial charge is 0.192 e. The molecule has 2 heterocycles. The molecular formula is C18H19N7. The summed E-state index contributed by atoms with van der Waals surface area (Å²) < 4.78 is 1.65. The Morgan fingerprint density at radius 3 is 2.72 bits per heavy atom. The van der Waals surface area contributed by atoms with E-state index in [0.717, 1.165) is 11.3 Å². The first-order valence-electron chi connectivity index (χ1n) is 8.12. The summed E-state index contributed by atoms with van der Waals surface area (Å²) in [6.45, 7) is 3.49. The number of rotatable bonds is 4. The molecule has 3 aromatic rings. The van der Waals surface area contributed by atoms with Crippen LogP contribution in [0.25, 0.3) is 5.69 Å². The van der Waals surface area contributed by atoms with Crippen molar-refractivity contribution in [2.45, 2.75) is 19.0 Å². The molecule has 0 fully saturated rings. The second-order valence-corrected chi connectivity index (χ2v) is 6.32. The summed E-state index contributed by atoms with van der Waals surface area (Å²) in [7, 11) is 0. The lowest BCUT2D eigenvalue weighted by Gasteiger charge is -2.37. The molecule has 0 saturated carbocycles. The molecule has 0 radical (unpaired) electrons. The van der Waals surface area contributed by atoms with Gasteiger partial charge in [-0.05, 0) is 40.6 Å². The second kappa shape index (κ2) is 6.01. The standard InChI is InChI=1S/C18H19N7/c1-18(15-8-5-9-16(10-15)25-13-21-22-23-25)12-20-17(19)24(18)11-14-6-3-2-4-7-14/h2-10,13H,11-12H2,1H3,(H2,19,20). The summed E-state index contributed by atoms with van der Waals surface area (Å²) in [4.78, 5) is 6.66. The quantitative estimate of drug-likeness (QED) is 0.785. The van der Waals surface area contributed by atoms with Crippen molar-refractivity contribution in [3.8, 4) is 5.69 Å². The Kier molecular flexibility index (Phi) is 3.68. The molecule has 7 heteroatoms. The first-order valence-corrected chi connectivity index (χ1v) is 8.12. The molecule has 0 amide bonds. The van der Waals surface area contributed by atoms with Gasteiger partial charge in [0.15, 0.2) is 5.96 Å². The fourth-order valence-corrected chi connectivity index (χ4v) is 3.19. The van der Waals surface area contributed by atoms with E-state index in [1.54, 1.807) is 11.0 Å². The van der Waals surface area contributed by atoms with Crippen molar-refractivity contribution in [2.24, 2.45) is 10.7 Å². The molecule has 4 rings (SSSR count). The van der Waals surface area contributed by atoms with E-state index in [-0.39, 0.29) is 5.54 Å². The van der Waals surface area contributed by atoms with Gasteiger partial charge < -0.3 is 10.6 Å². The lowest BCUT2D eigenvalue weighted by molar-refractivity contribution is 0.217. The van der Waals surface area contributed by atoms with Crippen LogP contribution in [-0.4, -0.2) is 37.6 Å². The molecule has 2 N–H and O–H groups in total. The highest BCUT2D eigenvalue weighted by Crippen LogP contribution is 2.34. The number of aliphatic imine (C=N–C) groups is 1. The van der Waals surface area contributed by atoms with Gasteiger partial charge in [0.05, 0.1) is 17.8 Å². The molecule has 1 unspecified atom stereocenters. The molecule has 0 saturated heterocycles. The van der Waals surface area contributed by atoms with Crippen LogP contribution < -0.4 is 5.73 Å². The lowest BCUT2D eigenvalue weighted by Crippen LogP contribution is -2.46. The number of benzene rings is 2. The van der Waals surface area contributed by atoms with Gasteiger partial charge in [0.1, 0.15) is 6.33 Å². The maximum atomic E-state index is 6.21. The summed E-state index contributed by atoms with van der Waals surface area (Å²) in [6, 6.07) is 18.5. The minimum Gasteiger partial charge on any atom is -0.370 e. The predicted octanol–water partition coefficient (Wildman–Crippen LogP) is 1.71. The normalized spacial score (nSPS) is 19.9. The van der Waals surface area contributed by atoms with E-state index in [0.29, 0.717) is 19.0 Å². The SMILES string of the molecule is CC1(c2cccc(-n3cnnn3)c2)CN=C(N)N1Cc1ccccc1. The molecule has 2 aromatic carbocycles. The van der Waals surface area contributed by atoms with Crippen LogP contribution in [0.4, 0.5) is 0 Å². The third-order valence-electron chi connectivity index (χ3n) is 4.69. The lowest BCUT2D eigenvalue weighted by atomic mass is 9.90. The van der Waals surface area contributed by atoms with Crippen LogP contribution in [0.1, 0.15) is 18.1 Å². The number of guanidine groups is 1. The van der Waals surface area contributed by atoms with Crippen LogP contribution in [0, 0.1) is 0 Å². The monoisotopic (exact) mass is 333 g/mol. The maximum absolute atomic E-state index is 6.21. The van der Waals surface area contributed by atoms with Gasteiger partial charge >= 0.3 is 0 Å². The Morgan fingerprint density at radius 2 is 1.96 bits per heavy atom. The molecule has 25 heavy (non-hydrogen) atoms. The average molecular weight is 333 g/mol. The zero-order valence-corrected chi connectivity index (χ0v) is 13.9. The van der Waals surface area contributed by atoms with Crippen LogP contribution in [-0.2, 0) is 12.1 Å². The summed E-state index contributed by atoms with van der Waals surface area (Å²) in [5.74, 6) is 0.569. The molecule has 1 aliphatic heterocycles. The topological polar surface area (TPSA) is 85.2 Å². The first-order chi connectivity index (χ1) is 12.2. The highest BCUT2D eigenvalue weighted by molar-refractivity contribution is 5.81. The summed E-state index contributed by atoms with van der Waals surface area (Å²) in [5.41, 5.74) is 9.13. The predicted molar refractivity (Wildman–Crippen MR) is 95.0 cm³/mol. The zero-order chi connectivity index (χ0) is 17.3. The largest absolute Gasteiger partial charge is 0.370 e. The Morgan fingerprint density at radius 1 is 1.12 bits per heavy atom. The van der Waals surface area contributed by atoms with E-state index in [1.165, 1.54) is 5.56 Å². The highest BCUT2D eigenvalue weighted by Gasteiger charge is 2.39. The van der Waals surface area contributed by atoms with E-state index < -0.39 is 0 Å². The van der Waals surface area contributed by atoms with E-state index in [1.807, 2.05) is 30.3 Å². The molecule has 0 bridgehead atoms. The summed E-state index contributed by atoms with van der Waals surface area (Å²) >= 11 is 0. The molecule has 1 aliphatic rings. The molecular weight excluding hydrogens is 314 g/mol. The molecule has 0 spiro atoms. The van der Waals surface area contributed by atoms with Gasteiger partial charge in [-0.1, -0.05) is 42.5 Å². The Bertz CT molecular complexity index is 889. The van der Waals surface area contributed by atoms with Crippen molar-refractivity contribution < 1.29 is 0 Å². The number of tetrazole rings is 1. The van der Waals surface area contributed by atoms with Crippen molar-refractivity contribution in [1.29, 1.82) is 0 Å². The zero-order valence-electron chi connectivity index (χ0n) is 13.9. The molecule has 1 aromatic heterocycles. The third-order valence-corrected chi connectivity index (χ3v) is 4.69. The van der Waals surface area contributed by atoms with Crippen molar-refractivity contribution in [1.82, 2.24) is 25.1 Å². The fourth-order valence-electron chi connectivity index (χ4n) is 3.19. The Hall–Kier alpha value is -3.22. The van der Waals surface area contributed by atoms with Gasteiger partial charge in [-0.3, -0.25) is 4.99 Å². The van der Waals surface area contributed by atoms with Crippen molar-refractivity contribution in [3.05, 3.63) is 72.1 Å². The first kappa shape index (κ1) is 15.3. The van der Waals surface area contributed by atoms with Gasteiger partial charge in [0.2, 0.25) is 0 Å². The van der Waals surface area contributed by atoms with Crippen molar-refractivity contribution in [3.63, 3.8) is 0 Å². The van der Waals surface area contributed by atoms with Crippen LogP contribution in [0.15, 0.2) is 65.9 Å². The second-order valence-electron chi connectivity index (χ2n) is 6.32. The van der Waals surface area contributed by atoms with E-state index >= 15 is 0 Å². The van der Waals surface area contributed by atoms with Crippen LogP contribution in [0.2, 0.25) is 0 Å². The molecule has 126 valence electrons. The number of nitrogens with two attached hydrogens (primary N) is 1. The maximum Gasteiger partial charge on any atom is 0.192 e. The fraction of sp³-hybridized carbons (Fsp3) is 0.222. The number of nitrogens with zero attached hydrogens (tertiary/aromatic N) is 6. The van der Waals surface area contributed by atoms with Crippen LogP contribution >= 0.6 is 0 Å². The average Bonchev–Trinajstić information content (AvgIpc) is 3.28.